The second-order valence-corrected chi connectivity index (χ2v) is 5.97. The molecule has 2 aromatic carbocycles. The summed E-state index contributed by atoms with van der Waals surface area (Å²) in [6.07, 6.45) is 0.685. The maximum absolute atomic E-state index is 6.50. The van der Waals surface area contributed by atoms with Gasteiger partial charge >= 0.3 is 0 Å². The van der Waals surface area contributed by atoms with Crippen LogP contribution in [0.3, 0.4) is 0 Å². The van der Waals surface area contributed by atoms with Gasteiger partial charge in [0.1, 0.15) is 5.75 Å². The molecule has 0 saturated carbocycles. The average molecular weight is 360 g/mol. The number of hydrogen-bond donors (Lipinski definition) is 0. The summed E-state index contributed by atoms with van der Waals surface area (Å²) in [5, 5.41) is 0.522. The van der Waals surface area contributed by atoms with Gasteiger partial charge in [-0.2, -0.15) is 0 Å². The molecule has 0 aliphatic carbocycles. The van der Waals surface area contributed by atoms with Gasteiger partial charge in [0.2, 0.25) is 0 Å². The lowest BCUT2D eigenvalue weighted by molar-refractivity contribution is 0.409. The van der Waals surface area contributed by atoms with E-state index in [0.717, 1.165) is 21.3 Å². The Morgan fingerprint density at radius 3 is 2.68 bits per heavy atom. The van der Waals surface area contributed by atoms with Crippen LogP contribution in [0, 0.1) is 0 Å². The maximum Gasteiger partial charge on any atom is 0.122 e. The lowest BCUT2D eigenvalue weighted by Gasteiger charge is -2.14. The molecule has 0 fully saturated rings. The van der Waals surface area contributed by atoms with E-state index in [0.29, 0.717) is 11.4 Å². The molecule has 0 bridgehead atoms. The number of benzene rings is 2. The lowest BCUT2D eigenvalue weighted by Crippen LogP contribution is -1.99. The van der Waals surface area contributed by atoms with Crippen LogP contribution in [0.25, 0.3) is 0 Å². The molecule has 1 atom stereocenters. The van der Waals surface area contributed by atoms with Crippen LogP contribution in [0.2, 0.25) is 5.02 Å². The molecule has 0 aliphatic rings. The van der Waals surface area contributed by atoms with E-state index in [9.17, 15) is 0 Å². The summed E-state index contributed by atoms with van der Waals surface area (Å²) in [4.78, 5) is 0. The first-order valence-electron chi connectivity index (χ1n) is 5.82. The van der Waals surface area contributed by atoms with E-state index in [4.69, 9.17) is 27.9 Å². The monoisotopic (exact) mass is 358 g/mol. The third-order valence-electron chi connectivity index (χ3n) is 2.89. The third kappa shape index (κ3) is 3.65. The van der Waals surface area contributed by atoms with Gasteiger partial charge in [0.25, 0.3) is 0 Å². The quantitative estimate of drug-likeness (QED) is 0.642. The fourth-order valence-electron chi connectivity index (χ4n) is 1.93. The molecule has 0 N–H and O–H groups in total. The van der Waals surface area contributed by atoms with Crippen LogP contribution in [0.15, 0.2) is 46.9 Å². The van der Waals surface area contributed by atoms with Crippen molar-refractivity contribution in [3.8, 4) is 5.75 Å². The van der Waals surface area contributed by atoms with Gasteiger partial charge in [0, 0.05) is 9.50 Å². The molecule has 19 heavy (non-hydrogen) atoms. The predicted molar refractivity (Wildman–Crippen MR) is 84.4 cm³/mol. The van der Waals surface area contributed by atoms with Crippen LogP contribution < -0.4 is 4.74 Å². The Morgan fingerprint density at radius 1 is 1.21 bits per heavy atom. The average Bonchev–Trinajstić information content (AvgIpc) is 2.42. The minimum absolute atomic E-state index is 0.163. The highest BCUT2D eigenvalue weighted by atomic mass is 79.9. The first-order chi connectivity index (χ1) is 9.11. The van der Waals surface area contributed by atoms with Crippen molar-refractivity contribution in [1.82, 2.24) is 0 Å². The van der Waals surface area contributed by atoms with Crippen LogP contribution in [0.1, 0.15) is 16.5 Å². The summed E-state index contributed by atoms with van der Waals surface area (Å²) >= 11 is 16.0. The Kier molecular flexibility index (Phi) is 5.14. The van der Waals surface area contributed by atoms with Crippen molar-refractivity contribution >= 4 is 39.1 Å². The second kappa shape index (κ2) is 6.65. The largest absolute Gasteiger partial charge is 0.496 e. The smallest absolute Gasteiger partial charge is 0.122 e. The standard InChI is InChI=1S/C15H13BrCl2O/c1-19-15-5-3-2-4-10(15)8-14(18)12-9-11(17)6-7-13(12)16/h2-7,9,14H,8H2,1H3. The second-order valence-electron chi connectivity index (χ2n) is 4.15. The highest BCUT2D eigenvalue weighted by molar-refractivity contribution is 9.10. The van der Waals surface area contributed by atoms with E-state index >= 15 is 0 Å². The highest BCUT2D eigenvalue weighted by Gasteiger charge is 2.15. The summed E-state index contributed by atoms with van der Waals surface area (Å²) in [7, 11) is 1.66. The zero-order chi connectivity index (χ0) is 13.8. The van der Waals surface area contributed by atoms with Crippen LogP contribution in [0.4, 0.5) is 0 Å². The van der Waals surface area contributed by atoms with E-state index < -0.39 is 0 Å². The predicted octanol–water partition coefficient (Wildman–Crippen LogP) is 5.63. The van der Waals surface area contributed by atoms with Gasteiger partial charge in [-0.25, -0.2) is 0 Å². The molecule has 0 aliphatic heterocycles. The number of rotatable bonds is 4. The molecule has 100 valence electrons. The topological polar surface area (TPSA) is 9.23 Å². The molecular weight excluding hydrogens is 347 g/mol. The molecule has 2 aromatic rings. The summed E-state index contributed by atoms with van der Waals surface area (Å²) in [5.74, 6) is 0.853. The van der Waals surface area contributed by atoms with E-state index in [-0.39, 0.29) is 5.38 Å². The molecule has 0 heterocycles. The van der Waals surface area contributed by atoms with Gasteiger partial charge in [-0.3, -0.25) is 0 Å². The first kappa shape index (κ1) is 14.7. The van der Waals surface area contributed by atoms with Crippen molar-refractivity contribution in [1.29, 1.82) is 0 Å². The zero-order valence-electron chi connectivity index (χ0n) is 10.4. The minimum Gasteiger partial charge on any atom is -0.496 e. The summed E-state index contributed by atoms with van der Waals surface area (Å²) in [5.41, 5.74) is 2.07. The SMILES string of the molecule is COc1ccccc1CC(Cl)c1cc(Cl)ccc1Br. The lowest BCUT2D eigenvalue weighted by atomic mass is 10.0. The number of halogens is 3. The van der Waals surface area contributed by atoms with Crippen LogP contribution in [0.5, 0.6) is 5.75 Å². The summed E-state index contributed by atoms with van der Waals surface area (Å²) in [6.45, 7) is 0. The Morgan fingerprint density at radius 2 is 1.95 bits per heavy atom. The molecular formula is C15H13BrCl2O. The number of ether oxygens (including phenoxy) is 1. The van der Waals surface area contributed by atoms with E-state index in [1.165, 1.54) is 0 Å². The van der Waals surface area contributed by atoms with Gasteiger partial charge in [-0.15, -0.1) is 11.6 Å². The van der Waals surface area contributed by atoms with Crippen LogP contribution in [-0.4, -0.2) is 7.11 Å². The normalized spacial score (nSPS) is 12.2. The van der Waals surface area contributed by atoms with Gasteiger partial charge in [0.15, 0.2) is 0 Å². The minimum atomic E-state index is -0.163. The molecule has 2 rings (SSSR count). The summed E-state index contributed by atoms with van der Waals surface area (Å²) in [6, 6.07) is 13.5. The fourth-order valence-corrected chi connectivity index (χ4v) is 3.11. The zero-order valence-corrected chi connectivity index (χ0v) is 13.5. The molecule has 0 aromatic heterocycles. The van der Waals surface area contributed by atoms with E-state index in [1.54, 1.807) is 7.11 Å². The Balaban J connectivity index is 2.25. The number of alkyl halides is 1. The van der Waals surface area contributed by atoms with Gasteiger partial charge < -0.3 is 4.74 Å². The van der Waals surface area contributed by atoms with Gasteiger partial charge in [0.05, 0.1) is 12.5 Å². The molecule has 0 saturated heterocycles. The Hall–Kier alpha value is -0.700. The van der Waals surface area contributed by atoms with Crippen LogP contribution >= 0.6 is 39.1 Å². The molecule has 0 spiro atoms. The molecule has 0 radical (unpaired) electrons. The first-order valence-corrected chi connectivity index (χ1v) is 7.43. The van der Waals surface area contributed by atoms with E-state index in [1.807, 2.05) is 42.5 Å². The molecule has 0 amide bonds. The third-order valence-corrected chi connectivity index (χ3v) is 4.23. The van der Waals surface area contributed by atoms with Crippen molar-refractivity contribution < 1.29 is 4.74 Å². The molecule has 1 unspecified atom stereocenters. The number of hydrogen-bond acceptors (Lipinski definition) is 1. The summed E-state index contributed by atoms with van der Waals surface area (Å²) < 4.78 is 6.30. The van der Waals surface area contributed by atoms with Crippen LogP contribution in [-0.2, 0) is 6.42 Å². The Labute approximate surface area is 131 Å². The number of methoxy groups -OCH3 is 1. The number of para-hydroxylation sites is 1. The highest BCUT2D eigenvalue weighted by Crippen LogP contribution is 2.34. The van der Waals surface area contributed by atoms with Crippen molar-refractivity contribution in [2.75, 3.05) is 7.11 Å². The van der Waals surface area contributed by atoms with Gasteiger partial charge in [-0.1, -0.05) is 45.7 Å². The fraction of sp³-hybridized carbons (Fsp3) is 0.200. The van der Waals surface area contributed by atoms with Crippen molar-refractivity contribution in [2.24, 2.45) is 0 Å². The molecule has 4 heteroatoms. The van der Waals surface area contributed by atoms with Gasteiger partial charge in [-0.05, 0) is 41.8 Å². The Bertz CT molecular complexity index is 572. The van der Waals surface area contributed by atoms with Crippen molar-refractivity contribution in [2.45, 2.75) is 11.8 Å². The van der Waals surface area contributed by atoms with E-state index in [2.05, 4.69) is 15.9 Å². The van der Waals surface area contributed by atoms with Crippen molar-refractivity contribution in [3.63, 3.8) is 0 Å². The maximum atomic E-state index is 6.50. The molecule has 1 nitrogen and oxygen atoms in total. The van der Waals surface area contributed by atoms with Crippen molar-refractivity contribution in [3.05, 3.63) is 63.1 Å².